The van der Waals surface area contributed by atoms with Crippen molar-refractivity contribution < 1.29 is 22.0 Å². The third-order valence-electron chi connectivity index (χ3n) is 4.80. The number of para-hydroxylation sites is 1. The Bertz CT molecular complexity index is 1400. The van der Waals surface area contributed by atoms with E-state index >= 15 is 0 Å². The number of anilines is 1. The van der Waals surface area contributed by atoms with Crippen LogP contribution in [0.1, 0.15) is 15.9 Å². The highest BCUT2D eigenvalue weighted by Crippen LogP contribution is 2.22. The Morgan fingerprint density at radius 1 is 1.03 bits per heavy atom. The van der Waals surface area contributed by atoms with Crippen LogP contribution in [0, 0.1) is 11.6 Å². The molecule has 0 radical (unpaired) electrons. The highest BCUT2D eigenvalue weighted by molar-refractivity contribution is 7.92. The number of aromatic nitrogens is 2. The van der Waals surface area contributed by atoms with Gasteiger partial charge in [0, 0.05) is 11.9 Å². The second-order valence-electron chi connectivity index (χ2n) is 7.02. The summed E-state index contributed by atoms with van der Waals surface area (Å²) in [4.78, 5) is 11.8. The predicted octanol–water partition coefficient (Wildman–Crippen LogP) is 3.61. The maximum Gasteiger partial charge on any atom is 0.264 e. The van der Waals surface area contributed by atoms with Gasteiger partial charge in [-0.25, -0.2) is 17.2 Å². The van der Waals surface area contributed by atoms with Crippen LogP contribution in [0.25, 0.3) is 10.9 Å². The zero-order chi connectivity index (χ0) is 22.7. The second kappa shape index (κ2) is 8.75. The molecule has 0 aliphatic carbocycles. The zero-order valence-electron chi connectivity index (χ0n) is 16.6. The van der Waals surface area contributed by atoms with E-state index in [1.54, 1.807) is 12.3 Å². The number of hydrogen-bond donors (Lipinski definition) is 3. The van der Waals surface area contributed by atoms with Gasteiger partial charge in [0.25, 0.3) is 15.9 Å². The molecule has 164 valence electrons. The van der Waals surface area contributed by atoms with E-state index in [0.717, 1.165) is 28.6 Å². The average Bonchev–Trinajstić information content (AvgIpc) is 3.23. The number of H-pyrrole nitrogens is 1. The SMILES string of the molecule is O=C(NCCc1ccc2cn[nH]c2c1)c1ccccc1NS(=O)(=O)c1cc(F)ccc1F. The van der Waals surface area contributed by atoms with Crippen molar-refractivity contribution in [3.05, 3.63) is 89.6 Å². The van der Waals surface area contributed by atoms with Gasteiger partial charge in [0.05, 0.1) is 23.0 Å². The van der Waals surface area contributed by atoms with Crippen molar-refractivity contribution in [2.24, 2.45) is 0 Å². The lowest BCUT2D eigenvalue weighted by Crippen LogP contribution is -2.27. The highest BCUT2D eigenvalue weighted by Gasteiger charge is 2.22. The summed E-state index contributed by atoms with van der Waals surface area (Å²) in [6, 6.07) is 13.8. The molecule has 0 aliphatic heterocycles. The first-order valence-corrected chi connectivity index (χ1v) is 11.1. The van der Waals surface area contributed by atoms with Crippen LogP contribution >= 0.6 is 0 Å². The van der Waals surface area contributed by atoms with Gasteiger partial charge >= 0.3 is 0 Å². The number of nitrogens with one attached hydrogen (secondary N) is 3. The van der Waals surface area contributed by atoms with Gasteiger partial charge in [0.2, 0.25) is 0 Å². The number of carbonyl (C=O) groups is 1. The lowest BCUT2D eigenvalue weighted by Gasteiger charge is -2.13. The Morgan fingerprint density at radius 3 is 2.69 bits per heavy atom. The summed E-state index contributed by atoms with van der Waals surface area (Å²) in [6.07, 6.45) is 2.26. The Hall–Kier alpha value is -3.79. The van der Waals surface area contributed by atoms with E-state index in [1.165, 1.54) is 18.2 Å². The van der Waals surface area contributed by atoms with Crippen LogP contribution in [0.2, 0.25) is 0 Å². The number of halogens is 2. The van der Waals surface area contributed by atoms with Crippen molar-refractivity contribution >= 4 is 32.5 Å². The number of nitrogens with zero attached hydrogens (tertiary/aromatic N) is 1. The van der Waals surface area contributed by atoms with E-state index in [0.29, 0.717) is 19.0 Å². The molecule has 0 saturated carbocycles. The first-order valence-electron chi connectivity index (χ1n) is 9.60. The molecule has 0 fully saturated rings. The lowest BCUT2D eigenvalue weighted by atomic mass is 10.1. The molecule has 0 atom stereocenters. The molecule has 1 amide bonds. The van der Waals surface area contributed by atoms with Crippen molar-refractivity contribution in [1.29, 1.82) is 0 Å². The Balaban J connectivity index is 1.47. The summed E-state index contributed by atoms with van der Waals surface area (Å²) >= 11 is 0. The number of amides is 1. The maximum atomic E-state index is 14.0. The van der Waals surface area contributed by atoms with Crippen molar-refractivity contribution in [3.8, 4) is 0 Å². The van der Waals surface area contributed by atoms with Crippen LogP contribution in [0.4, 0.5) is 14.5 Å². The van der Waals surface area contributed by atoms with E-state index in [4.69, 9.17) is 0 Å². The van der Waals surface area contributed by atoms with Gasteiger partial charge < -0.3 is 5.32 Å². The first-order chi connectivity index (χ1) is 15.3. The summed E-state index contributed by atoms with van der Waals surface area (Å²) in [7, 11) is -4.46. The molecule has 32 heavy (non-hydrogen) atoms. The molecule has 0 bridgehead atoms. The molecule has 1 aromatic heterocycles. The van der Waals surface area contributed by atoms with Crippen LogP contribution in [-0.2, 0) is 16.4 Å². The molecule has 4 aromatic rings. The number of rotatable bonds is 7. The summed E-state index contributed by atoms with van der Waals surface area (Å²) in [5.74, 6) is -2.51. The third-order valence-corrected chi connectivity index (χ3v) is 6.18. The smallest absolute Gasteiger partial charge is 0.264 e. The number of fused-ring (bicyclic) bond motifs is 1. The lowest BCUT2D eigenvalue weighted by molar-refractivity contribution is 0.0955. The molecular weight excluding hydrogens is 438 g/mol. The van der Waals surface area contributed by atoms with E-state index < -0.39 is 32.5 Å². The molecule has 1 heterocycles. The summed E-state index contributed by atoms with van der Waals surface area (Å²) in [5.41, 5.74) is 1.88. The maximum absolute atomic E-state index is 14.0. The quantitative estimate of drug-likeness (QED) is 0.395. The molecule has 0 aliphatic rings. The highest BCUT2D eigenvalue weighted by atomic mass is 32.2. The fraction of sp³-hybridized carbons (Fsp3) is 0.0909. The molecule has 7 nitrogen and oxygen atoms in total. The topological polar surface area (TPSA) is 104 Å². The third kappa shape index (κ3) is 4.59. The van der Waals surface area contributed by atoms with Crippen LogP contribution in [0.15, 0.2) is 71.8 Å². The van der Waals surface area contributed by atoms with Gasteiger partial charge in [-0.15, -0.1) is 0 Å². The largest absolute Gasteiger partial charge is 0.352 e. The standard InChI is InChI=1S/C22H18F2N4O3S/c23-16-7-8-18(24)21(12-16)32(30,31)28-19-4-2-1-3-17(19)22(29)25-10-9-14-5-6-15-13-26-27-20(15)11-14/h1-8,11-13,28H,9-10H2,(H,25,29)(H,26,27). The number of aromatic amines is 1. The molecule has 0 saturated heterocycles. The van der Waals surface area contributed by atoms with Crippen LogP contribution < -0.4 is 10.0 Å². The first kappa shape index (κ1) is 21.4. The number of benzene rings is 3. The van der Waals surface area contributed by atoms with E-state index in [9.17, 15) is 22.0 Å². The summed E-state index contributed by atoms with van der Waals surface area (Å²) < 4.78 is 54.7. The fourth-order valence-electron chi connectivity index (χ4n) is 3.21. The van der Waals surface area contributed by atoms with Crippen LogP contribution in [0.3, 0.4) is 0 Å². The molecular formula is C22H18F2N4O3S. The monoisotopic (exact) mass is 456 g/mol. The van der Waals surface area contributed by atoms with Gasteiger partial charge in [-0.3, -0.25) is 14.6 Å². The van der Waals surface area contributed by atoms with Gasteiger partial charge in [0.1, 0.15) is 16.5 Å². The molecule has 0 spiro atoms. The van der Waals surface area contributed by atoms with Crippen molar-refractivity contribution in [1.82, 2.24) is 15.5 Å². The van der Waals surface area contributed by atoms with Crippen molar-refractivity contribution in [2.45, 2.75) is 11.3 Å². The normalized spacial score (nSPS) is 11.4. The van der Waals surface area contributed by atoms with Gasteiger partial charge in [0.15, 0.2) is 0 Å². The van der Waals surface area contributed by atoms with Crippen LogP contribution in [-0.4, -0.2) is 31.1 Å². The molecule has 3 N–H and O–H groups in total. The van der Waals surface area contributed by atoms with E-state index in [-0.39, 0.29) is 11.3 Å². The number of hydrogen-bond acceptors (Lipinski definition) is 4. The van der Waals surface area contributed by atoms with E-state index in [2.05, 4.69) is 20.2 Å². The molecule has 4 rings (SSSR count). The number of carbonyl (C=O) groups excluding carboxylic acids is 1. The second-order valence-corrected chi connectivity index (χ2v) is 8.67. The van der Waals surface area contributed by atoms with Crippen molar-refractivity contribution in [3.63, 3.8) is 0 Å². The minimum atomic E-state index is -4.46. The fourth-order valence-corrected chi connectivity index (χ4v) is 4.38. The minimum absolute atomic E-state index is 0.0486. The minimum Gasteiger partial charge on any atom is -0.352 e. The Morgan fingerprint density at radius 2 is 1.84 bits per heavy atom. The predicted molar refractivity (Wildman–Crippen MR) is 116 cm³/mol. The van der Waals surface area contributed by atoms with Gasteiger partial charge in [-0.2, -0.15) is 5.10 Å². The van der Waals surface area contributed by atoms with Crippen molar-refractivity contribution in [2.75, 3.05) is 11.3 Å². The van der Waals surface area contributed by atoms with E-state index in [1.807, 2.05) is 18.2 Å². The summed E-state index contributed by atoms with van der Waals surface area (Å²) in [6.45, 7) is 0.304. The average molecular weight is 456 g/mol. The molecule has 10 heteroatoms. The van der Waals surface area contributed by atoms with Gasteiger partial charge in [-0.05, 0) is 48.4 Å². The Labute approximate surface area is 182 Å². The van der Waals surface area contributed by atoms with Gasteiger partial charge in [-0.1, -0.05) is 24.3 Å². The summed E-state index contributed by atoms with van der Waals surface area (Å²) in [5, 5.41) is 10.6. The zero-order valence-corrected chi connectivity index (χ0v) is 17.4. The number of sulfonamides is 1. The Kier molecular flexibility index (Phi) is 5.87. The molecule has 3 aromatic carbocycles. The molecule has 0 unspecified atom stereocenters. The van der Waals surface area contributed by atoms with Crippen LogP contribution in [0.5, 0.6) is 0 Å².